The molecule has 0 saturated carbocycles. The summed E-state index contributed by atoms with van der Waals surface area (Å²) >= 11 is 6.28. The van der Waals surface area contributed by atoms with Gasteiger partial charge in [-0.25, -0.2) is 12.7 Å². The van der Waals surface area contributed by atoms with Crippen LogP contribution in [0.2, 0.25) is 5.02 Å². The quantitative estimate of drug-likeness (QED) is 0.622. The summed E-state index contributed by atoms with van der Waals surface area (Å²) in [6, 6.07) is 12.1. The molecule has 34 heavy (non-hydrogen) atoms. The zero-order valence-corrected chi connectivity index (χ0v) is 21.1. The highest BCUT2D eigenvalue weighted by molar-refractivity contribution is 7.90. The van der Waals surface area contributed by atoms with Crippen LogP contribution in [0.3, 0.4) is 0 Å². The molecule has 3 amide bonds. The van der Waals surface area contributed by atoms with Gasteiger partial charge in [0.15, 0.2) is 0 Å². The van der Waals surface area contributed by atoms with Gasteiger partial charge < -0.3 is 10.2 Å². The minimum absolute atomic E-state index is 0.0537. The van der Waals surface area contributed by atoms with Crippen molar-refractivity contribution >= 4 is 39.3 Å². The van der Waals surface area contributed by atoms with Crippen LogP contribution in [0.4, 0.5) is 0 Å². The number of amides is 3. The van der Waals surface area contributed by atoms with E-state index in [1.54, 1.807) is 43.3 Å². The molecule has 10 heteroatoms. The van der Waals surface area contributed by atoms with E-state index in [0.717, 1.165) is 0 Å². The van der Waals surface area contributed by atoms with Gasteiger partial charge in [0, 0.05) is 30.1 Å². The summed E-state index contributed by atoms with van der Waals surface area (Å²) < 4.78 is 26.3. The maximum atomic E-state index is 13.3. The van der Waals surface area contributed by atoms with Gasteiger partial charge >= 0.3 is 0 Å². The number of nitrogens with one attached hydrogen (secondary N) is 1. The fourth-order valence-electron chi connectivity index (χ4n) is 3.66. The fraction of sp³-hybridized carbons (Fsp3) is 0.375. The molecule has 0 radical (unpaired) electrons. The first-order valence-electron chi connectivity index (χ1n) is 10.8. The van der Waals surface area contributed by atoms with Crippen LogP contribution >= 0.6 is 11.6 Å². The van der Waals surface area contributed by atoms with Gasteiger partial charge in [0.1, 0.15) is 10.9 Å². The van der Waals surface area contributed by atoms with Crippen LogP contribution in [0, 0.1) is 0 Å². The average Bonchev–Trinajstić information content (AvgIpc) is 2.95. The third-order valence-corrected chi connectivity index (χ3v) is 7.61. The van der Waals surface area contributed by atoms with E-state index < -0.39 is 33.4 Å². The van der Waals surface area contributed by atoms with Crippen molar-refractivity contribution in [1.29, 1.82) is 0 Å². The van der Waals surface area contributed by atoms with Crippen LogP contribution in [0.15, 0.2) is 53.4 Å². The van der Waals surface area contributed by atoms with Crippen molar-refractivity contribution < 1.29 is 22.8 Å². The molecule has 2 aromatic carbocycles. The molecule has 1 heterocycles. The monoisotopic (exact) mass is 505 g/mol. The number of hydrogen-bond acceptors (Lipinski definition) is 5. The molecule has 0 fully saturated rings. The van der Waals surface area contributed by atoms with E-state index in [0.29, 0.717) is 14.9 Å². The van der Waals surface area contributed by atoms with Gasteiger partial charge in [0.25, 0.3) is 15.9 Å². The molecule has 182 valence electrons. The Morgan fingerprint density at radius 2 is 1.71 bits per heavy atom. The van der Waals surface area contributed by atoms with Crippen molar-refractivity contribution in [3.05, 3.63) is 64.7 Å². The minimum Gasteiger partial charge on any atom is -0.350 e. The molecule has 2 aromatic rings. The normalized spacial score (nSPS) is 15.6. The van der Waals surface area contributed by atoms with Crippen LogP contribution in [0.1, 0.15) is 50.0 Å². The Hall–Kier alpha value is -2.91. The van der Waals surface area contributed by atoms with Crippen molar-refractivity contribution in [1.82, 2.24) is 14.5 Å². The predicted octanol–water partition coefficient (Wildman–Crippen LogP) is 3.21. The standard InChI is InChI=1S/C24H28ClN3O5S/c1-16(22(30)26-24(2,3)4)27(15-17-9-5-7-11-19(17)25)21(29)13-14-28-23(31)18-10-6-8-12-20(18)34(28,32)33/h5-12,16H,13-15H2,1-4H3,(H,26,30)/t16-/m0/s1. The molecule has 1 atom stereocenters. The second-order valence-electron chi connectivity index (χ2n) is 9.16. The van der Waals surface area contributed by atoms with Crippen molar-refractivity contribution in [2.75, 3.05) is 6.54 Å². The maximum absolute atomic E-state index is 13.3. The van der Waals surface area contributed by atoms with E-state index in [1.165, 1.54) is 17.0 Å². The maximum Gasteiger partial charge on any atom is 0.269 e. The summed E-state index contributed by atoms with van der Waals surface area (Å²) in [5.74, 6) is -1.50. The molecular formula is C24H28ClN3O5S. The number of carbonyl (C=O) groups is 3. The summed E-state index contributed by atoms with van der Waals surface area (Å²) in [5, 5.41) is 3.30. The first kappa shape index (κ1) is 25.7. The van der Waals surface area contributed by atoms with Gasteiger partial charge in [-0.1, -0.05) is 41.9 Å². The first-order chi connectivity index (χ1) is 15.8. The van der Waals surface area contributed by atoms with E-state index >= 15 is 0 Å². The Bertz CT molecular complexity index is 1220. The van der Waals surface area contributed by atoms with E-state index in [9.17, 15) is 22.8 Å². The summed E-state index contributed by atoms with van der Waals surface area (Å²) in [5.41, 5.74) is 0.220. The summed E-state index contributed by atoms with van der Waals surface area (Å²) in [6.07, 6.45) is -0.281. The molecule has 0 spiro atoms. The number of benzene rings is 2. The zero-order valence-electron chi connectivity index (χ0n) is 19.5. The number of rotatable bonds is 7. The molecule has 0 saturated heterocycles. The summed E-state index contributed by atoms with van der Waals surface area (Å²) in [7, 11) is -4.03. The van der Waals surface area contributed by atoms with Crippen molar-refractivity contribution in [2.45, 2.75) is 57.1 Å². The fourth-order valence-corrected chi connectivity index (χ4v) is 5.42. The van der Waals surface area contributed by atoms with Gasteiger partial charge in [-0.2, -0.15) is 0 Å². The Balaban J connectivity index is 1.82. The van der Waals surface area contributed by atoms with Crippen molar-refractivity contribution in [2.24, 2.45) is 0 Å². The molecule has 0 aliphatic carbocycles. The van der Waals surface area contributed by atoms with E-state index in [4.69, 9.17) is 11.6 Å². The van der Waals surface area contributed by atoms with Gasteiger partial charge in [0.2, 0.25) is 11.8 Å². The summed E-state index contributed by atoms with van der Waals surface area (Å²) in [6.45, 7) is 6.82. The summed E-state index contributed by atoms with van der Waals surface area (Å²) in [4.78, 5) is 40.1. The molecule has 8 nitrogen and oxygen atoms in total. The lowest BCUT2D eigenvalue weighted by Crippen LogP contribution is -2.52. The Morgan fingerprint density at radius 3 is 2.32 bits per heavy atom. The average molecular weight is 506 g/mol. The second kappa shape index (κ2) is 9.76. The number of carbonyl (C=O) groups excluding carboxylic acids is 3. The first-order valence-corrected chi connectivity index (χ1v) is 12.7. The molecular weight excluding hydrogens is 478 g/mol. The van der Waals surface area contributed by atoms with Gasteiger partial charge in [-0.15, -0.1) is 0 Å². The lowest BCUT2D eigenvalue weighted by molar-refractivity contribution is -0.141. The Kier molecular flexibility index (Phi) is 7.38. The van der Waals surface area contributed by atoms with Crippen LogP contribution in [-0.4, -0.2) is 53.5 Å². The lowest BCUT2D eigenvalue weighted by atomic mass is 10.1. The molecule has 1 aliphatic rings. The molecule has 0 bridgehead atoms. The van der Waals surface area contributed by atoms with Gasteiger partial charge in [-0.3, -0.25) is 14.4 Å². The number of nitrogens with zero attached hydrogens (tertiary/aromatic N) is 2. The molecule has 1 aliphatic heterocycles. The lowest BCUT2D eigenvalue weighted by Gasteiger charge is -2.32. The van der Waals surface area contributed by atoms with Gasteiger partial charge in [0.05, 0.1) is 5.56 Å². The third kappa shape index (κ3) is 5.42. The van der Waals surface area contributed by atoms with Crippen molar-refractivity contribution in [3.63, 3.8) is 0 Å². The molecule has 3 rings (SSSR count). The van der Waals surface area contributed by atoms with Crippen LogP contribution < -0.4 is 5.32 Å². The van der Waals surface area contributed by atoms with Crippen LogP contribution in [-0.2, 0) is 26.2 Å². The SMILES string of the molecule is C[C@@H](C(=O)NC(C)(C)C)N(Cc1ccccc1Cl)C(=O)CCN1C(=O)c2ccccc2S1(=O)=O. The van der Waals surface area contributed by atoms with Crippen LogP contribution in [0.25, 0.3) is 0 Å². The topological polar surface area (TPSA) is 104 Å². The Labute approximate surface area is 204 Å². The smallest absolute Gasteiger partial charge is 0.269 e. The highest BCUT2D eigenvalue weighted by Gasteiger charge is 2.41. The minimum atomic E-state index is -4.03. The number of hydrogen-bond donors (Lipinski definition) is 1. The third-order valence-electron chi connectivity index (χ3n) is 5.40. The van der Waals surface area contributed by atoms with Crippen LogP contribution in [0.5, 0.6) is 0 Å². The zero-order chi connectivity index (χ0) is 25.3. The molecule has 1 N–H and O–H groups in total. The predicted molar refractivity (Wildman–Crippen MR) is 129 cm³/mol. The van der Waals surface area contributed by atoms with E-state index in [2.05, 4.69) is 5.32 Å². The number of halogens is 1. The number of sulfonamides is 1. The number of fused-ring (bicyclic) bond motifs is 1. The highest BCUT2D eigenvalue weighted by atomic mass is 35.5. The highest BCUT2D eigenvalue weighted by Crippen LogP contribution is 2.30. The van der Waals surface area contributed by atoms with Crippen molar-refractivity contribution in [3.8, 4) is 0 Å². The largest absolute Gasteiger partial charge is 0.350 e. The second-order valence-corrected chi connectivity index (χ2v) is 11.4. The Morgan fingerprint density at radius 1 is 1.09 bits per heavy atom. The van der Waals surface area contributed by atoms with E-state index in [1.807, 2.05) is 20.8 Å². The van der Waals surface area contributed by atoms with E-state index in [-0.39, 0.29) is 35.9 Å². The molecule has 0 unspecified atom stereocenters. The van der Waals surface area contributed by atoms with Gasteiger partial charge in [-0.05, 0) is 51.5 Å². The molecule has 0 aromatic heterocycles.